The predicted molar refractivity (Wildman–Crippen MR) is 57.7 cm³/mol. The van der Waals surface area contributed by atoms with E-state index in [0.29, 0.717) is 5.89 Å². The van der Waals surface area contributed by atoms with Crippen molar-refractivity contribution in [1.82, 2.24) is 4.98 Å². The Morgan fingerprint density at radius 2 is 1.93 bits per heavy atom. The van der Waals surface area contributed by atoms with E-state index in [4.69, 9.17) is 9.52 Å². The van der Waals surface area contributed by atoms with Crippen molar-refractivity contribution in [2.45, 2.75) is 20.3 Å². The van der Waals surface area contributed by atoms with E-state index in [1.54, 1.807) is 24.3 Å². The minimum atomic E-state index is 0.248. The Kier molecular flexibility index (Phi) is 2.46. The fraction of sp³-hybridized carbons (Fsp3) is 0.250. The Labute approximate surface area is 88.4 Å². The van der Waals surface area contributed by atoms with Gasteiger partial charge in [0.05, 0.1) is 5.69 Å². The Hall–Kier alpha value is -1.77. The molecule has 1 N–H and O–H groups in total. The van der Waals surface area contributed by atoms with Crippen LogP contribution in [0.3, 0.4) is 0 Å². The molecular formula is C12H13NO2. The summed E-state index contributed by atoms with van der Waals surface area (Å²) in [5.41, 5.74) is 1.87. The van der Waals surface area contributed by atoms with E-state index in [0.717, 1.165) is 23.4 Å². The van der Waals surface area contributed by atoms with Gasteiger partial charge in [-0.1, -0.05) is 6.92 Å². The summed E-state index contributed by atoms with van der Waals surface area (Å²) in [6.07, 6.45) is 0.868. The number of hydrogen-bond donors (Lipinski definition) is 1. The molecule has 2 aromatic rings. The Morgan fingerprint density at radius 3 is 2.47 bits per heavy atom. The second-order valence-corrected chi connectivity index (χ2v) is 3.42. The number of aromatic hydroxyl groups is 1. The van der Waals surface area contributed by atoms with Crippen molar-refractivity contribution in [2.75, 3.05) is 0 Å². The maximum absolute atomic E-state index is 9.16. The number of hydrogen-bond acceptors (Lipinski definition) is 3. The van der Waals surface area contributed by atoms with Crippen LogP contribution in [-0.2, 0) is 6.42 Å². The van der Waals surface area contributed by atoms with Gasteiger partial charge in [-0.05, 0) is 37.6 Å². The Bertz CT molecular complexity index is 457. The zero-order valence-electron chi connectivity index (χ0n) is 8.82. The molecule has 15 heavy (non-hydrogen) atoms. The van der Waals surface area contributed by atoms with Crippen LogP contribution in [-0.4, -0.2) is 10.1 Å². The third-order valence-electron chi connectivity index (χ3n) is 2.34. The highest BCUT2D eigenvalue weighted by molar-refractivity contribution is 5.54. The lowest BCUT2D eigenvalue weighted by atomic mass is 10.2. The summed E-state index contributed by atoms with van der Waals surface area (Å²) in [7, 11) is 0. The minimum absolute atomic E-state index is 0.248. The molecule has 3 heteroatoms. The fourth-order valence-corrected chi connectivity index (χ4v) is 1.48. The molecule has 0 aliphatic rings. The molecule has 0 fully saturated rings. The predicted octanol–water partition coefficient (Wildman–Crippen LogP) is 2.92. The van der Waals surface area contributed by atoms with E-state index in [1.165, 1.54) is 0 Å². The first-order valence-corrected chi connectivity index (χ1v) is 4.96. The van der Waals surface area contributed by atoms with Crippen molar-refractivity contribution in [3.63, 3.8) is 0 Å². The number of aromatic nitrogens is 1. The number of rotatable bonds is 2. The Balaban J connectivity index is 2.41. The van der Waals surface area contributed by atoms with Gasteiger partial charge in [0.2, 0.25) is 5.89 Å². The molecule has 0 unspecified atom stereocenters. The van der Waals surface area contributed by atoms with Gasteiger partial charge in [0.25, 0.3) is 0 Å². The van der Waals surface area contributed by atoms with Gasteiger partial charge in [-0.3, -0.25) is 0 Å². The monoisotopic (exact) mass is 203 g/mol. The van der Waals surface area contributed by atoms with Crippen LogP contribution in [0, 0.1) is 6.92 Å². The molecule has 0 spiro atoms. The van der Waals surface area contributed by atoms with Crippen molar-refractivity contribution in [3.05, 3.63) is 35.7 Å². The first kappa shape index (κ1) is 9.77. The van der Waals surface area contributed by atoms with Crippen molar-refractivity contribution < 1.29 is 9.52 Å². The molecule has 0 saturated heterocycles. The standard InChI is InChI=1S/C12H13NO2/c1-3-11-8(2)15-12(13-11)9-4-6-10(14)7-5-9/h4-7,14H,3H2,1-2H3. The zero-order valence-corrected chi connectivity index (χ0v) is 8.82. The van der Waals surface area contributed by atoms with Crippen LogP contribution in [0.1, 0.15) is 18.4 Å². The molecule has 78 valence electrons. The van der Waals surface area contributed by atoms with Gasteiger partial charge in [-0.2, -0.15) is 0 Å². The van der Waals surface area contributed by atoms with Crippen LogP contribution in [0.25, 0.3) is 11.5 Å². The van der Waals surface area contributed by atoms with Gasteiger partial charge < -0.3 is 9.52 Å². The summed E-state index contributed by atoms with van der Waals surface area (Å²) in [6.45, 7) is 3.96. The molecule has 1 aromatic carbocycles. The van der Waals surface area contributed by atoms with Gasteiger partial charge in [0, 0.05) is 5.56 Å². The molecule has 2 rings (SSSR count). The van der Waals surface area contributed by atoms with Crippen molar-refractivity contribution in [2.24, 2.45) is 0 Å². The SMILES string of the molecule is CCc1nc(-c2ccc(O)cc2)oc1C. The summed E-state index contributed by atoms with van der Waals surface area (Å²) >= 11 is 0. The lowest BCUT2D eigenvalue weighted by molar-refractivity contribution is 0.475. The van der Waals surface area contributed by atoms with E-state index < -0.39 is 0 Å². The van der Waals surface area contributed by atoms with Crippen molar-refractivity contribution in [1.29, 1.82) is 0 Å². The molecular weight excluding hydrogens is 190 g/mol. The number of nitrogens with zero attached hydrogens (tertiary/aromatic N) is 1. The van der Waals surface area contributed by atoms with E-state index in [-0.39, 0.29) is 5.75 Å². The van der Waals surface area contributed by atoms with E-state index in [9.17, 15) is 0 Å². The van der Waals surface area contributed by atoms with Gasteiger partial charge >= 0.3 is 0 Å². The molecule has 0 atom stereocenters. The van der Waals surface area contributed by atoms with Gasteiger partial charge in [-0.25, -0.2) is 4.98 Å². The highest BCUT2D eigenvalue weighted by Crippen LogP contribution is 2.23. The quantitative estimate of drug-likeness (QED) is 0.816. The van der Waals surface area contributed by atoms with E-state index >= 15 is 0 Å². The van der Waals surface area contributed by atoms with Crippen LogP contribution in [0.15, 0.2) is 28.7 Å². The van der Waals surface area contributed by atoms with E-state index in [1.807, 2.05) is 13.8 Å². The van der Waals surface area contributed by atoms with Crippen LogP contribution < -0.4 is 0 Å². The van der Waals surface area contributed by atoms with Crippen LogP contribution >= 0.6 is 0 Å². The van der Waals surface area contributed by atoms with Crippen LogP contribution in [0.5, 0.6) is 5.75 Å². The zero-order chi connectivity index (χ0) is 10.8. The lowest BCUT2D eigenvalue weighted by Crippen LogP contribution is -1.82. The lowest BCUT2D eigenvalue weighted by Gasteiger charge is -1.94. The maximum atomic E-state index is 9.16. The largest absolute Gasteiger partial charge is 0.508 e. The number of benzene rings is 1. The fourth-order valence-electron chi connectivity index (χ4n) is 1.48. The maximum Gasteiger partial charge on any atom is 0.226 e. The molecule has 0 bridgehead atoms. The third kappa shape index (κ3) is 1.86. The van der Waals surface area contributed by atoms with Crippen molar-refractivity contribution >= 4 is 0 Å². The summed E-state index contributed by atoms with van der Waals surface area (Å²) in [6, 6.07) is 6.83. The van der Waals surface area contributed by atoms with Gasteiger partial charge in [-0.15, -0.1) is 0 Å². The number of aryl methyl sites for hydroxylation is 2. The number of phenols is 1. The summed E-state index contributed by atoms with van der Waals surface area (Å²) < 4.78 is 5.54. The molecule has 3 nitrogen and oxygen atoms in total. The molecule has 0 aliphatic carbocycles. The molecule has 0 aliphatic heterocycles. The molecule has 0 radical (unpaired) electrons. The highest BCUT2D eigenvalue weighted by atomic mass is 16.4. The summed E-state index contributed by atoms with van der Waals surface area (Å²) in [5, 5.41) is 9.16. The van der Waals surface area contributed by atoms with Crippen LogP contribution in [0.2, 0.25) is 0 Å². The average Bonchev–Trinajstić information content (AvgIpc) is 2.61. The van der Waals surface area contributed by atoms with Gasteiger partial charge in [0.1, 0.15) is 11.5 Å². The number of oxazole rings is 1. The Morgan fingerprint density at radius 1 is 1.27 bits per heavy atom. The van der Waals surface area contributed by atoms with Crippen LogP contribution in [0.4, 0.5) is 0 Å². The minimum Gasteiger partial charge on any atom is -0.508 e. The highest BCUT2D eigenvalue weighted by Gasteiger charge is 2.09. The molecule has 0 saturated carbocycles. The second-order valence-electron chi connectivity index (χ2n) is 3.42. The second kappa shape index (κ2) is 3.77. The normalized spacial score (nSPS) is 10.5. The summed E-state index contributed by atoms with van der Waals surface area (Å²) in [5.74, 6) is 1.72. The first-order chi connectivity index (χ1) is 7.20. The topological polar surface area (TPSA) is 46.3 Å². The van der Waals surface area contributed by atoms with Crippen molar-refractivity contribution in [3.8, 4) is 17.2 Å². The summed E-state index contributed by atoms with van der Waals surface area (Å²) in [4.78, 5) is 4.38. The molecule has 1 heterocycles. The molecule has 0 amide bonds. The average molecular weight is 203 g/mol. The first-order valence-electron chi connectivity index (χ1n) is 4.96. The molecule has 1 aromatic heterocycles. The van der Waals surface area contributed by atoms with Gasteiger partial charge in [0.15, 0.2) is 0 Å². The number of phenolic OH excluding ortho intramolecular Hbond substituents is 1. The van der Waals surface area contributed by atoms with E-state index in [2.05, 4.69) is 4.98 Å². The smallest absolute Gasteiger partial charge is 0.226 e. The third-order valence-corrected chi connectivity index (χ3v) is 2.34.